The van der Waals surface area contributed by atoms with Crippen LogP contribution in [0.15, 0.2) is 94.1 Å². The van der Waals surface area contributed by atoms with Gasteiger partial charge < -0.3 is 14.5 Å². The number of ether oxygens (including phenoxy) is 1. The number of amides is 1. The fourth-order valence-corrected chi connectivity index (χ4v) is 4.15. The molecule has 1 heterocycles. The molecule has 0 atom stereocenters. The molecule has 0 fully saturated rings. The molecule has 6 heteroatoms. The number of halogens is 1. The molecule has 174 valence electrons. The third-order valence-corrected chi connectivity index (χ3v) is 6.09. The highest BCUT2D eigenvalue weighted by molar-refractivity contribution is 6.30. The Bertz CT molecular complexity index is 1600. The first-order valence-corrected chi connectivity index (χ1v) is 11.7. The summed E-state index contributed by atoms with van der Waals surface area (Å²) >= 11 is 6.04. The minimum absolute atomic E-state index is 0.0128. The van der Waals surface area contributed by atoms with E-state index in [4.69, 9.17) is 20.8 Å². The zero-order valence-electron chi connectivity index (χ0n) is 19.0. The summed E-state index contributed by atoms with van der Waals surface area (Å²) in [6.07, 6.45) is 0.776. The Morgan fingerprint density at radius 3 is 2.51 bits per heavy atom. The second kappa shape index (κ2) is 9.65. The van der Waals surface area contributed by atoms with Crippen LogP contribution in [0.3, 0.4) is 0 Å². The van der Waals surface area contributed by atoms with Crippen molar-refractivity contribution in [1.82, 2.24) is 0 Å². The fourth-order valence-electron chi connectivity index (χ4n) is 4.03. The van der Waals surface area contributed by atoms with Gasteiger partial charge in [0.1, 0.15) is 5.58 Å². The van der Waals surface area contributed by atoms with Crippen molar-refractivity contribution in [1.29, 1.82) is 0 Å². The third-order valence-electron chi connectivity index (χ3n) is 5.84. The van der Waals surface area contributed by atoms with Crippen LogP contribution >= 0.6 is 11.6 Å². The quantitative estimate of drug-likeness (QED) is 0.287. The van der Waals surface area contributed by atoms with E-state index < -0.39 is 0 Å². The van der Waals surface area contributed by atoms with Crippen molar-refractivity contribution in [3.05, 3.63) is 106 Å². The van der Waals surface area contributed by atoms with Gasteiger partial charge in [-0.15, -0.1) is 0 Å². The summed E-state index contributed by atoms with van der Waals surface area (Å²) in [7, 11) is 0. The zero-order valence-corrected chi connectivity index (χ0v) is 19.8. The second-order valence-corrected chi connectivity index (χ2v) is 8.58. The molecule has 35 heavy (non-hydrogen) atoms. The topological polar surface area (TPSA) is 68.5 Å². The normalized spacial score (nSPS) is 11.0. The van der Waals surface area contributed by atoms with Crippen LogP contribution in [-0.2, 0) is 11.2 Å². The number of fused-ring (bicyclic) bond motifs is 2. The van der Waals surface area contributed by atoms with Crippen molar-refractivity contribution >= 4 is 44.9 Å². The van der Waals surface area contributed by atoms with Crippen molar-refractivity contribution in [3.63, 3.8) is 0 Å². The van der Waals surface area contributed by atoms with E-state index in [2.05, 4.69) is 5.32 Å². The van der Waals surface area contributed by atoms with Crippen molar-refractivity contribution in [3.8, 4) is 17.1 Å². The Labute approximate surface area is 206 Å². The number of benzene rings is 4. The number of anilines is 1. The molecular formula is C29H22ClNO4. The second-order valence-electron chi connectivity index (χ2n) is 8.14. The smallest absolute Gasteiger partial charge is 0.262 e. The minimum Gasteiger partial charge on any atom is -0.476 e. The van der Waals surface area contributed by atoms with Gasteiger partial charge >= 0.3 is 0 Å². The van der Waals surface area contributed by atoms with Gasteiger partial charge in [-0.25, -0.2) is 0 Å². The van der Waals surface area contributed by atoms with Gasteiger partial charge in [0.15, 0.2) is 12.4 Å². The first-order valence-electron chi connectivity index (χ1n) is 11.3. The fraction of sp³-hybridized carbons (Fsp3) is 0.103. The predicted molar refractivity (Wildman–Crippen MR) is 140 cm³/mol. The maximum absolute atomic E-state index is 13.5. The van der Waals surface area contributed by atoms with Crippen molar-refractivity contribution in [2.24, 2.45) is 0 Å². The average Bonchev–Trinajstić information content (AvgIpc) is 2.88. The summed E-state index contributed by atoms with van der Waals surface area (Å²) in [5.74, 6) is -0.146. The van der Waals surface area contributed by atoms with Crippen LogP contribution in [0, 0.1) is 0 Å². The number of hydrogen-bond donors (Lipinski definition) is 1. The lowest BCUT2D eigenvalue weighted by molar-refractivity contribution is -0.118. The van der Waals surface area contributed by atoms with E-state index in [0.717, 1.165) is 22.8 Å². The Morgan fingerprint density at radius 1 is 0.943 bits per heavy atom. The lowest BCUT2D eigenvalue weighted by Gasteiger charge is -2.13. The summed E-state index contributed by atoms with van der Waals surface area (Å²) < 4.78 is 11.9. The van der Waals surface area contributed by atoms with Crippen molar-refractivity contribution in [2.75, 3.05) is 11.9 Å². The maximum atomic E-state index is 13.5. The summed E-state index contributed by atoms with van der Waals surface area (Å²) in [6, 6.07) is 25.9. The molecule has 5 aromatic rings. The Balaban J connectivity index is 1.50. The van der Waals surface area contributed by atoms with Crippen LogP contribution in [0.25, 0.3) is 33.1 Å². The Hall–Kier alpha value is -4.09. The predicted octanol–water partition coefficient (Wildman–Crippen LogP) is 6.85. The SMILES string of the molecule is CCc1ccc2oc(-c3ccc(Cl)cc3)c(OCC(=O)Nc3cccc4ccccc34)c(=O)c2c1. The van der Waals surface area contributed by atoms with E-state index in [1.54, 1.807) is 36.4 Å². The molecule has 5 rings (SSSR count). The van der Waals surface area contributed by atoms with Gasteiger partial charge in [-0.3, -0.25) is 9.59 Å². The Morgan fingerprint density at radius 2 is 1.71 bits per heavy atom. The standard InChI is InChI=1S/C29H22ClNO4/c1-2-18-10-15-25-23(16-18)27(33)29(28(35-25)20-11-13-21(30)14-12-20)34-17-26(32)31-24-9-5-7-19-6-3-4-8-22(19)24/h3-16H,2,17H2,1H3,(H,31,32). The molecule has 0 bridgehead atoms. The van der Waals surface area contributed by atoms with E-state index in [-0.39, 0.29) is 29.5 Å². The summed E-state index contributed by atoms with van der Waals surface area (Å²) in [6.45, 7) is 1.66. The number of rotatable bonds is 6. The highest BCUT2D eigenvalue weighted by Crippen LogP contribution is 2.32. The number of nitrogens with one attached hydrogen (secondary N) is 1. The molecule has 0 aliphatic carbocycles. The molecule has 0 spiro atoms. The molecule has 0 aliphatic heterocycles. The number of carbonyl (C=O) groups is 1. The molecule has 4 aromatic carbocycles. The highest BCUT2D eigenvalue weighted by Gasteiger charge is 2.19. The molecule has 0 unspecified atom stereocenters. The van der Waals surface area contributed by atoms with Gasteiger partial charge in [-0.05, 0) is 59.8 Å². The first kappa shape index (κ1) is 22.7. The molecule has 1 N–H and O–H groups in total. The van der Waals surface area contributed by atoms with E-state index >= 15 is 0 Å². The Kier molecular flexibility index (Phi) is 6.25. The van der Waals surface area contributed by atoms with Gasteiger partial charge in [0, 0.05) is 21.7 Å². The minimum atomic E-state index is -0.384. The molecule has 0 saturated carbocycles. The van der Waals surface area contributed by atoms with Gasteiger partial charge in [0.25, 0.3) is 5.91 Å². The monoisotopic (exact) mass is 483 g/mol. The number of hydrogen-bond acceptors (Lipinski definition) is 4. The molecule has 1 aromatic heterocycles. The molecule has 0 saturated heterocycles. The van der Waals surface area contributed by atoms with Crippen LogP contribution in [0.5, 0.6) is 5.75 Å². The van der Waals surface area contributed by atoms with Crippen LogP contribution < -0.4 is 15.5 Å². The average molecular weight is 484 g/mol. The summed E-state index contributed by atoms with van der Waals surface area (Å²) in [4.78, 5) is 26.3. The molecule has 5 nitrogen and oxygen atoms in total. The van der Waals surface area contributed by atoms with Gasteiger partial charge in [0.05, 0.1) is 5.39 Å². The largest absolute Gasteiger partial charge is 0.476 e. The van der Waals surface area contributed by atoms with Gasteiger partial charge in [-0.2, -0.15) is 0 Å². The third kappa shape index (κ3) is 4.63. The van der Waals surface area contributed by atoms with E-state index in [1.807, 2.05) is 55.5 Å². The zero-order chi connectivity index (χ0) is 24.4. The highest BCUT2D eigenvalue weighted by atomic mass is 35.5. The van der Waals surface area contributed by atoms with Crippen molar-refractivity contribution in [2.45, 2.75) is 13.3 Å². The molecular weight excluding hydrogens is 462 g/mol. The van der Waals surface area contributed by atoms with Crippen LogP contribution in [-0.4, -0.2) is 12.5 Å². The summed E-state index contributed by atoms with van der Waals surface area (Å²) in [5, 5.41) is 5.78. The number of aryl methyl sites for hydroxylation is 1. The molecule has 0 aliphatic rings. The first-order chi connectivity index (χ1) is 17.0. The van der Waals surface area contributed by atoms with Crippen LogP contribution in [0.4, 0.5) is 5.69 Å². The van der Waals surface area contributed by atoms with Crippen LogP contribution in [0.1, 0.15) is 12.5 Å². The van der Waals surface area contributed by atoms with Gasteiger partial charge in [-0.1, -0.05) is 61.0 Å². The van der Waals surface area contributed by atoms with E-state index in [1.165, 1.54) is 0 Å². The number of carbonyl (C=O) groups excluding carboxylic acids is 1. The van der Waals surface area contributed by atoms with Crippen molar-refractivity contribution < 1.29 is 13.9 Å². The summed E-state index contributed by atoms with van der Waals surface area (Å²) in [5.41, 5.74) is 2.42. The van der Waals surface area contributed by atoms with Crippen LogP contribution in [0.2, 0.25) is 5.02 Å². The molecule has 0 radical (unpaired) electrons. The lowest BCUT2D eigenvalue weighted by atomic mass is 10.1. The maximum Gasteiger partial charge on any atom is 0.262 e. The van der Waals surface area contributed by atoms with E-state index in [9.17, 15) is 9.59 Å². The van der Waals surface area contributed by atoms with E-state index in [0.29, 0.717) is 27.2 Å². The lowest BCUT2D eigenvalue weighted by Crippen LogP contribution is -2.22. The van der Waals surface area contributed by atoms with Gasteiger partial charge in [0.2, 0.25) is 11.2 Å². The molecule has 1 amide bonds.